The van der Waals surface area contributed by atoms with E-state index in [4.69, 9.17) is 0 Å². The second kappa shape index (κ2) is 9.02. The molecule has 0 amide bonds. The highest BCUT2D eigenvalue weighted by Crippen LogP contribution is 2.27. The van der Waals surface area contributed by atoms with E-state index in [1.165, 1.54) is 12.3 Å². The Morgan fingerprint density at radius 2 is 1.48 bits per heavy atom. The maximum atomic E-state index is 12.1. The zero-order valence-corrected chi connectivity index (χ0v) is 16.4. The Bertz CT molecular complexity index is 641. The number of aldehydes is 1. The monoisotopic (exact) mass is 548 g/mol. The summed E-state index contributed by atoms with van der Waals surface area (Å²) in [5.41, 5.74) is 0.453. The quantitative estimate of drug-likeness (QED) is 0.342. The van der Waals surface area contributed by atoms with Gasteiger partial charge in [-0.3, -0.25) is 4.79 Å². The van der Waals surface area contributed by atoms with Crippen molar-refractivity contribution in [2.45, 2.75) is 6.43 Å². The van der Waals surface area contributed by atoms with E-state index in [1.54, 1.807) is 12.3 Å². The van der Waals surface area contributed by atoms with E-state index in [1.807, 2.05) is 0 Å². The summed E-state index contributed by atoms with van der Waals surface area (Å²) in [5.74, 6) is 0. The highest BCUT2D eigenvalue weighted by Gasteiger charge is 2.12. The van der Waals surface area contributed by atoms with Gasteiger partial charge in [-0.15, -0.1) is 0 Å². The van der Waals surface area contributed by atoms with E-state index in [0.717, 1.165) is 10.8 Å². The molecule has 0 aliphatic heterocycles. The van der Waals surface area contributed by atoms with Crippen molar-refractivity contribution in [2.75, 3.05) is 0 Å². The standard InChI is InChI=1S/C6H3Br2F2N.C6H3Br2NO/c7-3-1-4(6(9)10)5(8)11-2-3;7-5-1-4(3-10)6(8)9-2-5/h1-2,6H;1-3H. The summed E-state index contributed by atoms with van der Waals surface area (Å²) in [6.45, 7) is 0. The van der Waals surface area contributed by atoms with Gasteiger partial charge in [-0.05, 0) is 75.9 Å². The first kappa shape index (κ1) is 18.8. The fraction of sp³-hybridized carbons (Fsp3) is 0.0833. The van der Waals surface area contributed by atoms with Crippen LogP contribution in [0.25, 0.3) is 0 Å². The summed E-state index contributed by atoms with van der Waals surface area (Å²) < 4.78 is 26.4. The molecule has 21 heavy (non-hydrogen) atoms. The van der Waals surface area contributed by atoms with E-state index in [-0.39, 0.29) is 10.2 Å². The van der Waals surface area contributed by atoms with E-state index in [0.29, 0.717) is 14.6 Å². The van der Waals surface area contributed by atoms with Gasteiger partial charge in [0.25, 0.3) is 6.43 Å². The third kappa shape index (κ3) is 6.17. The first-order valence-electron chi connectivity index (χ1n) is 5.20. The lowest BCUT2D eigenvalue weighted by Crippen LogP contribution is -1.88. The highest BCUT2D eigenvalue weighted by atomic mass is 79.9. The molecule has 0 N–H and O–H groups in total. The van der Waals surface area contributed by atoms with E-state index >= 15 is 0 Å². The molecule has 2 aromatic heterocycles. The topological polar surface area (TPSA) is 42.9 Å². The number of carbonyl (C=O) groups is 1. The van der Waals surface area contributed by atoms with Crippen molar-refractivity contribution < 1.29 is 13.6 Å². The van der Waals surface area contributed by atoms with Gasteiger partial charge in [-0.25, -0.2) is 18.7 Å². The predicted molar refractivity (Wildman–Crippen MR) is 89.6 cm³/mol. The average molecular weight is 552 g/mol. The molecule has 0 aromatic carbocycles. The Balaban J connectivity index is 0.000000211. The van der Waals surface area contributed by atoms with Gasteiger partial charge in [0.2, 0.25) is 0 Å². The van der Waals surface area contributed by atoms with E-state index in [9.17, 15) is 13.6 Å². The lowest BCUT2D eigenvalue weighted by Gasteiger charge is -2.01. The molecule has 2 aromatic rings. The van der Waals surface area contributed by atoms with Crippen molar-refractivity contribution in [3.63, 3.8) is 0 Å². The molecule has 2 heterocycles. The summed E-state index contributed by atoms with van der Waals surface area (Å²) in [6, 6.07) is 3.03. The zero-order valence-electron chi connectivity index (χ0n) is 10.0. The van der Waals surface area contributed by atoms with Crippen molar-refractivity contribution in [3.8, 4) is 0 Å². The van der Waals surface area contributed by atoms with E-state index < -0.39 is 6.43 Å². The van der Waals surface area contributed by atoms with Crippen LogP contribution in [-0.4, -0.2) is 16.3 Å². The fourth-order valence-corrected chi connectivity index (χ4v) is 2.51. The predicted octanol–water partition coefficient (Wildman–Crippen LogP) is 5.96. The minimum atomic E-state index is -2.49. The molecule has 0 fully saturated rings. The van der Waals surface area contributed by atoms with Crippen molar-refractivity contribution in [2.24, 2.45) is 0 Å². The Hall–Kier alpha value is -0.250. The molecular weight excluding hydrogens is 546 g/mol. The van der Waals surface area contributed by atoms with Crippen LogP contribution in [0.3, 0.4) is 0 Å². The number of pyridine rings is 2. The van der Waals surface area contributed by atoms with Crippen LogP contribution in [0, 0.1) is 0 Å². The van der Waals surface area contributed by atoms with Crippen LogP contribution in [0.1, 0.15) is 22.3 Å². The average Bonchev–Trinajstić information content (AvgIpc) is 2.44. The van der Waals surface area contributed by atoms with Crippen molar-refractivity contribution >= 4 is 70.0 Å². The highest BCUT2D eigenvalue weighted by molar-refractivity contribution is 9.11. The largest absolute Gasteiger partial charge is 0.298 e. The maximum absolute atomic E-state index is 12.1. The van der Waals surface area contributed by atoms with E-state index in [2.05, 4.69) is 73.7 Å². The Labute approximate surface area is 153 Å². The molecule has 0 radical (unpaired) electrons. The molecule has 0 aliphatic carbocycles. The second-order valence-electron chi connectivity index (χ2n) is 3.49. The second-order valence-corrected chi connectivity index (χ2v) is 6.82. The fourth-order valence-electron chi connectivity index (χ4n) is 1.11. The number of carbonyl (C=O) groups excluding carboxylic acids is 1. The Kier molecular flexibility index (Phi) is 8.07. The molecular formula is C12H6Br4F2N2O. The number of hydrogen-bond donors (Lipinski definition) is 0. The van der Waals surface area contributed by atoms with Crippen molar-refractivity contribution in [1.29, 1.82) is 0 Å². The van der Waals surface area contributed by atoms with Crippen LogP contribution in [-0.2, 0) is 0 Å². The number of rotatable bonds is 2. The number of hydrogen-bond acceptors (Lipinski definition) is 3. The Morgan fingerprint density at radius 3 is 1.90 bits per heavy atom. The van der Waals surface area contributed by atoms with Crippen LogP contribution >= 0.6 is 63.7 Å². The summed E-state index contributed by atoms with van der Waals surface area (Å²) >= 11 is 12.3. The lowest BCUT2D eigenvalue weighted by molar-refractivity contribution is 0.112. The van der Waals surface area contributed by atoms with Gasteiger partial charge in [-0.1, -0.05) is 0 Å². The number of alkyl halides is 2. The Morgan fingerprint density at radius 1 is 0.952 bits per heavy atom. The molecule has 0 unspecified atom stereocenters. The summed E-state index contributed by atoms with van der Waals surface area (Å²) in [7, 11) is 0. The SMILES string of the molecule is FC(F)c1cc(Br)cnc1Br.O=Cc1cc(Br)cnc1Br. The van der Waals surface area contributed by atoms with Gasteiger partial charge in [0.05, 0.1) is 5.56 Å². The molecule has 0 atom stereocenters. The smallest absolute Gasteiger partial charge is 0.266 e. The van der Waals surface area contributed by atoms with Gasteiger partial charge < -0.3 is 0 Å². The first-order valence-corrected chi connectivity index (χ1v) is 8.37. The summed E-state index contributed by atoms with van der Waals surface area (Å²) in [6.07, 6.45) is 1.34. The minimum absolute atomic E-state index is 0.0978. The van der Waals surface area contributed by atoms with Gasteiger partial charge >= 0.3 is 0 Å². The molecule has 0 saturated heterocycles. The zero-order chi connectivity index (χ0) is 16.0. The first-order chi connectivity index (χ1) is 9.85. The molecule has 3 nitrogen and oxygen atoms in total. The minimum Gasteiger partial charge on any atom is -0.298 e. The maximum Gasteiger partial charge on any atom is 0.266 e. The number of halogens is 6. The van der Waals surface area contributed by atoms with Crippen molar-refractivity contribution in [1.82, 2.24) is 9.97 Å². The molecule has 112 valence electrons. The number of aromatic nitrogens is 2. The van der Waals surface area contributed by atoms with Gasteiger partial charge in [0.1, 0.15) is 9.21 Å². The molecule has 2 rings (SSSR count). The van der Waals surface area contributed by atoms with Crippen LogP contribution in [0.15, 0.2) is 42.7 Å². The van der Waals surface area contributed by atoms with Gasteiger partial charge in [0.15, 0.2) is 6.29 Å². The lowest BCUT2D eigenvalue weighted by atomic mass is 10.3. The normalized spacial score (nSPS) is 10.0. The third-order valence-corrected chi connectivity index (χ3v) is 4.22. The van der Waals surface area contributed by atoms with Crippen LogP contribution in [0.2, 0.25) is 0 Å². The van der Waals surface area contributed by atoms with Crippen LogP contribution < -0.4 is 0 Å². The van der Waals surface area contributed by atoms with Crippen LogP contribution in [0.4, 0.5) is 8.78 Å². The molecule has 9 heteroatoms. The molecule has 0 saturated carbocycles. The van der Waals surface area contributed by atoms with Crippen molar-refractivity contribution in [3.05, 3.63) is 53.8 Å². The van der Waals surface area contributed by atoms with Gasteiger partial charge in [0, 0.05) is 26.9 Å². The molecule has 0 aliphatic rings. The third-order valence-electron chi connectivity index (χ3n) is 2.03. The number of nitrogens with zero attached hydrogens (tertiary/aromatic N) is 2. The van der Waals surface area contributed by atoms with Gasteiger partial charge in [-0.2, -0.15) is 0 Å². The molecule has 0 spiro atoms. The summed E-state index contributed by atoms with van der Waals surface area (Å²) in [4.78, 5) is 17.9. The van der Waals surface area contributed by atoms with Crippen LogP contribution in [0.5, 0.6) is 0 Å². The summed E-state index contributed by atoms with van der Waals surface area (Å²) in [5, 5.41) is 0. The molecule has 0 bridgehead atoms.